The molecule has 2 fully saturated rings. The van der Waals surface area contributed by atoms with Crippen molar-refractivity contribution >= 4 is 22.1 Å². The van der Waals surface area contributed by atoms with Crippen LogP contribution in [0, 0.1) is 5.92 Å². The van der Waals surface area contributed by atoms with E-state index in [1.807, 2.05) is 0 Å². The van der Waals surface area contributed by atoms with Crippen molar-refractivity contribution in [3.63, 3.8) is 0 Å². The molecule has 1 aliphatic carbocycles. The fourth-order valence-electron chi connectivity index (χ4n) is 4.55. The highest BCUT2D eigenvalue weighted by Gasteiger charge is 2.29. The first-order valence-corrected chi connectivity index (χ1v) is 12.6. The molecule has 0 radical (unpaired) electrons. The molecule has 1 aromatic carbocycles. The topological polar surface area (TPSA) is 94.2 Å². The van der Waals surface area contributed by atoms with Gasteiger partial charge in [-0.25, -0.2) is 17.9 Å². The molecule has 0 amide bonds. The summed E-state index contributed by atoms with van der Waals surface area (Å²) in [6, 6.07) is 2.95. The average molecular weight is 467 g/mol. The molecule has 1 saturated heterocycles. The van der Waals surface area contributed by atoms with Crippen molar-refractivity contribution in [2.45, 2.75) is 49.5 Å². The molecular formula is C23H34N2O6S. The lowest BCUT2D eigenvalue weighted by Crippen LogP contribution is -2.45. The quantitative estimate of drug-likeness (QED) is 0.442. The van der Waals surface area contributed by atoms with Gasteiger partial charge in [0, 0.05) is 18.7 Å². The summed E-state index contributed by atoms with van der Waals surface area (Å²) < 4.78 is 44.7. The molecule has 0 unspecified atom stereocenters. The van der Waals surface area contributed by atoms with E-state index >= 15 is 0 Å². The SMILES string of the molecule is COC(=O)/C=C/c1cc(OC)c(OC)c(S(=O)(=O)NC2CCN(CC3CCCC3)CC2)c1. The van der Waals surface area contributed by atoms with E-state index in [1.54, 1.807) is 6.07 Å². The minimum atomic E-state index is -3.87. The second-order valence-corrected chi connectivity index (χ2v) is 10.1. The number of methoxy groups -OCH3 is 3. The number of nitrogens with one attached hydrogen (secondary N) is 1. The fourth-order valence-corrected chi connectivity index (χ4v) is 6.07. The Bertz CT molecular complexity index is 917. The molecule has 1 N–H and O–H groups in total. The number of hydrogen-bond acceptors (Lipinski definition) is 7. The number of carbonyl (C=O) groups is 1. The van der Waals surface area contributed by atoms with Crippen molar-refractivity contribution in [2.24, 2.45) is 5.92 Å². The van der Waals surface area contributed by atoms with E-state index in [2.05, 4.69) is 14.4 Å². The van der Waals surface area contributed by atoms with Crippen LogP contribution in [0.2, 0.25) is 0 Å². The summed E-state index contributed by atoms with van der Waals surface area (Å²) in [6.45, 7) is 2.91. The molecule has 8 nitrogen and oxygen atoms in total. The zero-order valence-corrected chi connectivity index (χ0v) is 19.9. The van der Waals surface area contributed by atoms with Gasteiger partial charge >= 0.3 is 5.97 Å². The van der Waals surface area contributed by atoms with Crippen molar-refractivity contribution in [1.29, 1.82) is 0 Å². The number of rotatable bonds is 9. The number of esters is 1. The third-order valence-corrected chi connectivity index (χ3v) is 7.80. The van der Waals surface area contributed by atoms with Crippen LogP contribution in [0.1, 0.15) is 44.1 Å². The molecule has 1 aliphatic heterocycles. The zero-order chi connectivity index (χ0) is 23.1. The smallest absolute Gasteiger partial charge is 0.330 e. The first-order chi connectivity index (χ1) is 15.4. The minimum Gasteiger partial charge on any atom is -0.493 e. The number of hydrogen-bond donors (Lipinski definition) is 1. The largest absolute Gasteiger partial charge is 0.493 e. The normalized spacial score (nSPS) is 18.8. The van der Waals surface area contributed by atoms with Crippen LogP contribution < -0.4 is 14.2 Å². The van der Waals surface area contributed by atoms with Crippen molar-refractivity contribution in [3.05, 3.63) is 23.8 Å². The first kappa shape index (κ1) is 24.5. The fraction of sp³-hybridized carbons (Fsp3) is 0.609. The predicted molar refractivity (Wildman–Crippen MR) is 122 cm³/mol. The molecule has 9 heteroatoms. The molecule has 3 rings (SSSR count). The van der Waals surface area contributed by atoms with Crippen molar-refractivity contribution in [3.8, 4) is 11.5 Å². The average Bonchev–Trinajstić information content (AvgIpc) is 3.30. The first-order valence-electron chi connectivity index (χ1n) is 11.1. The van der Waals surface area contributed by atoms with Gasteiger partial charge in [-0.3, -0.25) is 0 Å². The Morgan fingerprint density at radius 3 is 2.38 bits per heavy atom. The lowest BCUT2D eigenvalue weighted by Gasteiger charge is -2.33. The highest BCUT2D eigenvalue weighted by molar-refractivity contribution is 7.89. The van der Waals surface area contributed by atoms with Crippen molar-refractivity contribution < 1.29 is 27.4 Å². The number of benzene rings is 1. The maximum Gasteiger partial charge on any atom is 0.330 e. The Morgan fingerprint density at radius 1 is 1.09 bits per heavy atom. The van der Waals surface area contributed by atoms with Gasteiger partial charge in [0.1, 0.15) is 4.90 Å². The van der Waals surface area contributed by atoms with Crippen molar-refractivity contribution in [1.82, 2.24) is 9.62 Å². The predicted octanol–water partition coefficient (Wildman–Crippen LogP) is 2.82. The summed E-state index contributed by atoms with van der Waals surface area (Å²) in [5.41, 5.74) is 0.486. The van der Waals surface area contributed by atoms with Crippen LogP contribution in [0.3, 0.4) is 0 Å². The maximum absolute atomic E-state index is 13.3. The highest BCUT2D eigenvalue weighted by Crippen LogP contribution is 2.36. The maximum atomic E-state index is 13.3. The molecule has 178 valence electrons. The van der Waals surface area contributed by atoms with E-state index in [1.165, 1.54) is 65.2 Å². The number of carbonyl (C=O) groups excluding carboxylic acids is 1. The van der Waals surface area contributed by atoms with Crippen LogP contribution in [0.4, 0.5) is 0 Å². The Labute approximate surface area is 191 Å². The molecule has 1 aromatic rings. The minimum absolute atomic E-state index is 0.0164. The lowest BCUT2D eigenvalue weighted by molar-refractivity contribution is -0.134. The van der Waals surface area contributed by atoms with Gasteiger partial charge in [0.05, 0.1) is 21.3 Å². The van der Waals surface area contributed by atoms with E-state index in [4.69, 9.17) is 9.47 Å². The van der Waals surface area contributed by atoms with Crippen LogP contribution in [-0.2, 0) is 19.6 Å². The molecule has 0 bridgehead atoms. The third-order valence-electron chi connectivity index (χ3n) is 6.27. The Hall–Kier alpha value is -2.10. The van der Waals surface area contributed by atoms with Gasteiger partial charge in [-0.1, -0.05) is 12.8 Å². The van der Waals surface area contributed by atoms with Gasteiger partial charge in [-0.2, -0.15) is 0 Å². The summed E-state index contributed by atoms with van der Waals surface area (Å²) in [6.07, 6.45) is 9.55. The van der Waals surface area contributed by atoms with E-state index in [0.29, 0.717) is 5.56 Å². The van der Waals surface area contributed by atoms with E-state index < -0.39 is 16.0 Å². The summed E-state index contributed by atoms with van der Waals surface area (Å²) >= 11 is 0. The lowest BCUT2D eigenvalue weighted by atomic mass is 10.0. The van der Waals surface area contributed by atoms with Gasteiger partial charge < -0.3 is 19.1 Å². The molecule has 0 spiro atoms. The monoisotopic (exact) mass is 466 g/mol. The van der Waals surface area contributed by atoms with E-state index in [9.17, 15) is 13.2 Å². The van der Waals surface area contributed by atoms with Gasteiger partial charge in [-0.15, -0.1) is 0 Å². The summed E-state index contributed by atoms with van der Waals surface area (Å²) in [4.78, 5) is 13.9. The summed E-state index contributed by atoms with van der Waals surface area (Å²) in [7, 11) is 0.258. The third kappa shape index (κ3) is 6.24. The summed E-state index contributed by atoms with van der Waals surface area (Å²) in [5, 5.41) is 0. The van der Waals surface area contributed by atoms with E-state index in [0.717, 1.165) is 38.4 Å². The Kier molecular flexibility index (Phi) is 8.56. The second-order valence-electron chi connectivity index (χ2n) is 8.46. The van der Waals surface area contributed by atoms with Gasteiger partial charge in [-0.05, 0) is 68.5 Å². The second kappa shape index (κ2) is 11.2. The van der Waals surface area contributed by atoms with Crippen LogP contribution in [0.25, 0.3) is 6.08 Å². The Balaban J connectivity index is 1.73. The highest BCUT2D eigenvalue weighted by atomic mass is 32.2. The van der Waals surface area contributed by atoms with Crippen LogP contribution >= 0.6 is 0 Å². The summed E-state index contributed by atoms with van der Waals surface area (Å²) in [5.74, 6) is 0.660. The van der Waals surface area contributed by atoms with Gasteiger partial charge in [0.15, 0.2) is 11.5 Å². The molecule has 2 aliphatic rings. The zero-order valence-electron chi connectivity index (χ0n) is 19.1. The number of ether oxygens (including phenoxy) is 3. The number of nitrogens with zero attached hydrogens (tertiary/aromatic N) is 1. The number of sulfonamides is 1. The van der Waals surface area contributed by atoms with Crippen LogP contribution in [0.15, 0.2) is 23.1 Å². The number of piperidine rings is 1. The van der Waals surface area contributed by atoms with Crippen LogP contribution in [-0.4, -0.2) is 66.3 Å². The molecule has 32 heavy (non-hydrogen) atoms. The van der Waals surface area contributed by atoms with Crippen molar-refractivity contribution in [2.75, 3.05) is 41.0 Å². The molecule has 0 aromatic heterocycles. The molecule has 0 atom stereocenters. The molecular weight excluding hydrogens is 432 g/mol. The van der Waals surface area contributed by atoms with Gasteiger partial charge in [0.2, 0.25) is 10.0 Å². The van der Waals surface area contributed by atoms with E-state index in [-0.39, 0.29) is 22.4 Å². The molecule has 1 heterocycles. The Morgan fingerprint density at radius 2 is 1.78 bits per heavy atom. The van der Waals surface area contributed by atoms with Crippen LogP contribution in [0.5, 0.6) is 11.5 Å². The molecule has 1 saturated carbocycles. The number of likely N-dealkylation sites (tertiary alicyclic amines) is 1. The van der Waals surface area contributed by atoms with Gasteiger partial charge in [0.25, 0.3) is 0 Å². The standard InChI is InChI=1S/C23H34N2O6S/c1-29-20-14-18(8-9-22(26)30-2)15-21(23(20)31-3)32(27,28)24-19-10-12-25(13-11-19)16-17-6-4-5-7-17/h8-9,14-15,17,19,24H,4-7,10-13,16H2,1-3H3/b9-8+.